The number of ether oxygens (including phenoxy) is 4. The van der Waals surface area contributed by atoms with Gasteiger partial charge in [-0.3, -0.25) is 4.79 Å². The molecule has 0 heterocycles. The average Bonchev–Trinajstić information content (AvgIpc) is 2.71. The monoisotopic (exact) mass is 404 g/mol. The van der Waals surface area contributed by atoms with E-state index in [0.717, 1.165) is 5.56 Å². The number of rotatable bonds is 9. The summed E-state index contributed by atoms with van der Waals surface area (Å²) in [4.78, 5) is 12.0. The topological polar surface area (TPSA) is 89.8 Å². The van der Waals surface area contributed by atoms with Crippen molar-refractivity contribution in [3.63, 3.8) is 0 Å². The molecule has 7 nitrogen and oxygen atoms in total. The average molecular weight is 405 g/mol. The molecule has 1 N–H and O–H groups in total. The minimum atomic E-state index is -0.303. The van der Waals surface area contributed by atoms with Crippen LogP contribution in [0, 0.1) is 11.3 Å². The second-order valence-electron chi connectivity index (χ2n) is 5.68. The quantitative estimate of drug-likeness (QED) is 0.691. The third kappa shape index (κ3) is 5.44. The molecule has 0 aliphatic heterocycles. The van der Waals surface area contributed by atoms with E-state index < -0.39 is 0 Å². The molecular formula is C20H21ClN2O5. The molecule has 0 atom stereocenters. The largest absolute Gasteiger partial charge is 0.493 e. The van der Waals surface area contributed by atoms with Crippen molar-refractivity contribution < 1.29 is 23.7 Å². The number of nitriles is 1. The summed E-state index contributed by atoms with van der Waals surface area (Å²) in [6, 6.07) is 10.5. The molecule has 2 aromatic carbocycles. The van der Waals surface area contributed by atoms with E-state index in [2.05, 4.69) is 5.32 Å². The van der Waals surface area contributed by atoms with E-state index in [-0.39, 0.29) is 23.3 Å². The fourth-order valence-electron chi connectivity index (χ4n) is 2.50. The Labute approximate surface area is 168 Å². The van der Waals surface area contributed by atoms with E-state index in [9.17, 15) is 4.79 Å². The molecule has 0 aliphatic rings. The van der Waals surface area contributed by atoms with Crippen molar-refractivity contribution in [1.82, 2.24) is 5.32 Å². The summed E-state index contributed by atoms with van der Waals surface area (Å²) in [6.45, 7) is 0.198. The Morgan fingerprint density at radius 2 is 1.79 bits per heavy atom. The smallest absolute Gasteiger partial charge is 0.257 e. The van der Waals surface area contributed by atoms with Gasteiger partial charge in [-0.05, 0) is 30.2 Å². The van der Waals surface area contributed by atoms with Gasteiger partial charge in [0.05, 0.1) is 38.0 Å². The van der Waals surface area contributed by atoms with Crippen LogP contribution in [0.2, 0.25) is 5.02 Å². The van der Waals surface area contributed by atoms with Crippen LogP contribution in [0.3, 0.4) is 0 Å². The Kier molecular flexibility index (Phi) is 7.78. The molecule has 148 valence electrons. The van der Waals surface area contributed by atoms with Crippen LogP contribution in [0.15, 0.2) is 30.3 Å². The van der Waals surface area contributed by atoms with E-state index in [0.29, 0.717) is 35.8 Å². The first-order valence-electron chi connectivity index (χ1n) is 8.40. The number of carbonyl (C=O) groups is 1. The first kappa shape index (κ1) is 21.2. The molecule has 0 saturated carbocycles. The Hall–Kier alpha value is -3.11. The van der Waals surface area contributed by atoms with E-state index >= 15 is 0 Å². The molecule has 1 amide bonds. The summed E-state index contributed by atoms with van der Waals surface area (Å²) in [5.41, 5.74) is 1.34. The van der Waals surface area contributed by atoms with Gasteiger partial charge in [-0.25, -0.2) is 0 Å². The zero-order valence-electron chi connectivity index (χ0n) is 15.9. The molecule has 2 rings (SSSR count). The summed E-state index contributed by atoms with van der Waals surface area (Å²) < 4.78 is 21.1. The Bertz CT molecular complexity index is 880. The van der Waals surface area contributed by atoms with Gasteiger partial charge in [0.15, 0.2) is 29.6 Å². The van der Waals surface area contributed by atoms with Crippen molar-refractivity contribution in [2.45, 2.75) is 6.42 Å². The molecule has 0 radical (unpaired) electrons. The van der Waals surface area contributed by atoms with Gasteiger partial charge in [0.2, 0.25) is 0 Å². The molecule has 28 heavy (non-hydrogen) atoms. The second-order valence-corrected chi connectivity index (χ2v) is 6.09. The Morgan fingerprint density at radius 3 is 2.43 bits per heavy atom. The minimum Gasteiger partial charge on any atom is -0.493 e. The lowest BCUT2D eigenvalue weighted by Crippen LogP contribution is -2.30. The minimum absolute atomic E-state index is 0.203. The summed E-state index contributed by atoms with van der Waals surface area (Å²) >= 11 is 6.10. The lowest BCUT2D eigenvalue weighted by molar-refractivity contribution is -0.123. The third-order valence-electron chi connectivity index (χ3n) is 3.89. The van der Waals surface area contributed by atoms with Gasteiger partial charge in [-0.1, -0.05) is 17.7 Å². The number of nitrogens with zero attached hydrogens (tertiary/aromatic N) is 1. The van der Waals surface area contributed by atoms with Gasteiger partial charge in [-0.15, -0.1) is 0 Å². The highest BCUT2D eigenvalue weighted by Gasteiger charge is 2.14. The second kappa shape index (κ2) is 10.3. The van der Waals surface area contributed by atoms with Crippen LogP contribution in [0.4, 0.5) is 0 Å². The van der Waals surface area contributed by atoms with Crippen LogP contribution in [-0.2, 0) is 11.2 Å². The first-order valence-corrected chi connectivity index (χ1v) is 8.78. The van der Waals surface area contributed by atoms with Gasteiger partial charge in [0.1, 0.15) is 0 Å². The molecule has 0 aliphatic carbocycles. The number of hydrogen-bond acceptors (Lipinski definition) is 6. The third-order valence-corrected chi connectivity index (χ3v) is 4.17. The number of nitrogens with one attached hydrogen (secondary N) is 1. The van der Waals surface area contributed by atoms with Crippen molar-refractivity contribution in [2.75, 3.05) is 34.5 Å². The van der Waals surface area contributed by atoms with Crippen LogP contribution < -0.4 is 24.3 Å². The maximum Gasteiger partial charge on any atom is 0.257 e. The van der Waals surface area contributed by atoms with E-state index in [4.69, 9.17) is 35.8 Å². The van der Waals surface area contributed by atoms with Crippen LogP contribution in [0.1, 0.15) is 11.1 Å². The van der Waals surface area contributed by atoms with Gasteiger partial charge in [0.25, 0.3) is 5.91 Å². The van der Waals surface area contributed by atoms with Gasteiger partial charge >= 0.3 is 0 Å². The fraction of sp³-hybridized carbons (Fsp3) is 0.300. The fourth-order valence-corrected chi connectivity index (χ4v) is 2.76. The predicted octanol–water partition coefficient (Wildman–Crippen LogP) is 2.98. The lowest BCUT2D eigenvalue weighted by Gasteiger charge is -2.13. The number of halogens is 1. The van der Waals surface area contributed by atoms with E-state index in [1.54, 1.807) is 14.2 Å². The number of amides is 1. The zero-order valence-corrected chi connectivity index (χ0v) is 16.6. The molecule has 0 unspecified atom stereocenters. The highest BCUT2D eigenvalue weighted by Crippen LogP contribution is 2.36. The Balaban J connectivity index is 1.88. The maximum absolute atomic E-state index is 12.0. The van der Waals surface area contributed by atoms with Gasteiger partial charge in [0, 0.05) is 12.6 Å². The lowest BCUT2D eigenvalue weighted by atomic mass is 10.1. The van der Waals surface area contributed by atoms with E-state index in [1.165, 1.54) is 19.2 Å². The molecule has 0 spiro atoms. The van der Waals surface area contributed by atoms with Crippen molar-refractivity contribution in [1.29, 1.82) is 5.26 Å². The summed E-state index contributed by atoms with van der Waals surface area (Å²) in [5.74, 6) is 1.50. The normalized spacial score (nSPS) is 9.96. The van der Waals surface area contributed by atoms with Crippen molar-refractivity contribution >= 4 is 17.5 Å². The number of methoxy groups -OCH3 is 3. The maximum atomic E-state index is 12.0. The van der Waals surface area contributed by atoms with Gasteiger partial charge in [-0.2, -0.15) is 5.26 Å². The van der Waals surface area contributed by atoms with Crippen LogP contribution in [-0.4, -0.2) is 40.4 Å². The highest BCUT2D eigenvalue weighted by atomic mass is 35.5. The first-order chi connectivity index (χ1) is 13.5. The highest BCUT2D eigenvalue weighted by molar-refractivity contribution is 6.32. The molecule has 0 aromatic heterocycles. The SMILES string of the molecule is COc1ccc(CCNC(=O)COc2c(Cl)cc(C#N)cc2OC)cc1OC. The molecule has 0 saturated heterocycles. The molecule has 8 heteroatoms. The molecule has 0 fully saturated rings. The summed E-state index contributed by atoms with van der Waals surface area (Å²) in [5, 5.41) is 11.9. The Morgan fingerprint density at radius 1 is 1.07 bits per heavy atom. The summed E-state index contributed by atoms with van der Waals surface area (Å²) in [6.07, 6.45) is 0.618. The van der Waals surface area contributed by atoms with Crippen LogP contribution in [0.5, 0.6) is 23.0 Å². The van der Waals surface area contributed by atoms with Crippen LogP contribution in [0.25, 0.3) is 0 Å². The van der Waals surface area contributed by atoms with Gasteiger partial charge < -0.3 is 24.3 Å². The number of carbonyl (C=O) groups excluding carboxylic acids is 1. The molecular weight excluding hydrogens is 384 g/mol. The predicted molar refractivity (Wildman–Crippen MR) is 104 cm³/mol. The number of benzene rings is 2. The van der Waals surface area contributed by atoms with Crippen molar-refractivity contribution in [3.8, 4) is 29.1 Å². The standard InChI is InChI=1S/C20H21ClN2O5/c1-25-16-5-4-13(9-17(16)26-2)6-7-23-19(24)12-28-20-15(21)8-14(11-22)10-18(20)27-3/h4-5,8-10H,6-7,12H2,1-3H3,(H,23,24). The molecule has 0 bridgehead atoms. The van der Waals surface area contributed by atoms with Crippen molar-refractivity contribution in [2.24, 2.45) is 0 Å². The molecule has 2 aromatic rings. The zero-order chi connectivity index (χ0) is 20.5. The summed E-state index contributed by atoms with van der Waals surface area (Å²) in [7, 11) is 4.58. The van der Waals surface area contributed by atoms with Crippen LogP contribution >= 0.6 is 11.6 Å². The van der Waals surface area contributed by atoms with Crippen molar-refractivity contribution in [3.05, 3.63) is 46.5 Å². The number of hydrogen-bond donors (Lipinski definition) is 1. The van der Waals surface area contributed by atoms with E-state index in [1.807, 2.05) is 24.3 Å².